The first-order valence-corrected chi connectivity index (χ1v) is 11.3. The molecule has 7 nitrogen and oxygen atoms in total. The first-order valence-electron chi connectivity index (χ1n) is 9.87. The Balaban J connectivity index is 1.42. The van der Waals surface area contributed by atoms with Gasteiger partial charge >= 0.3 is 0 Å². The molecular formula is C22H21FN4O3S. The van der Waals surface area contributed by atoms with E-state index in [4.69, 9.17) is 0 Å². The Labute approximate surface area is 180 Å². The van der Waals surface area contributed by atoms with Crippen LogP contribution in [0.1, 0.15) is 12.8 Å². The number of halogens is 1. The van der Waals surface area contributed by atoms with Crippen LogP contribution >= 0.6 is 0 Å². The van der Waals surface area contributed by atoms with Gasteiger partial charge in [0.1, 0.15) is 5.82 Å². The van der Waals surface area contributed by atoms with Crippen LogP contribution in [0.15, 0.2) is 71.9 Å². The highest BCUT2D eigenvalue weighted by Crippen LogP contribution is 2.25. The van der Waals surface area contributed by atoms with Gasteiger partial charge in [0.25, 0.3) is 0 Å². The second-order valence-electron chi connectivity index (χ2n) is 7.31. The van der Waals surface area contributed by atoms with Crippen LogP contribution in [-0.4, -0.2) is 41.7 Å². The van der Waals surface area contributed by atoms with Crippen molar-refractivity contribution in [1.29, 1.82) is 0 Å². The maximum Gasteiger partial charge on any atom is 0.243 e. The zero-order valence-electron chi connectivity index (χ0n) is 16.6. The molecule has 1 aliphatic rings. The maximum absolute atomic E-state index is 13.1. The molecule has 0 saturated carbocycles. The number of carbonyl (C=O) groups excluding carboxylic acids is 1. The maximum atomic E-state index is 13.1. The Bertz CT molecular complexity index is 1150. The van der Waals surface area contributed by atoms with Crippen molar-refractivity contribution >= 4 is 21.6 Å². The first-order chi connectivity index (χ1) is 14.9. The molecule has 1 aromatic heterocycles. The van der Waals surface area contributed by atoms with Crippen molar-refractivity contribution in [1.82, 2.24) is 14.3 Å². The van der Waals surface area contributed by atoms with E-state index < -0.39 is 21.8 Å². The second kappa shape index (κ2) is 8.91. The molecule has 1 fully saturated rings. The standard InChI is InChI=1S/C22H21FN4O3S/c23-18-8-10-20(11-9-18)31(29,30)27-12-4-7-17(15-27)22(28)26-19-13-24-21(25-14-19)16-5-2-1-3-6-16/h1-3,5-6,8-11,13-14,17H,4,7,12,15H2,(H,26,28). The number of rotatable bonds is 5. The van der Waals surface area contributed by atoms with Crippen LogP contribution in [0.5, 0.6) is 0 Å². The molecule has 31 heavy (non-hydrogen) atoms. The van der Waals surface area contributed by atoms with Crippen molar-refractivity contribution in [3.63, 3.8) is 0 Å². The van der Waals surface area contributed by atoms with Crippen LogP contribution in [0, 0.1) is 11.7 Å². The van der Waals surface area contributed by atoms with Crippen LogP contribution < -0.4 is 5.32 Å². The Morgan fingerprint density at radius 3 is 2.39 bits per heavy atom. The molecule has 2 aromatic carbocycles. The van der Waals surface area contributed by atoms with Crippen LogP contribution in [0.4, 0.5) is 10.1 Å². The number of nitrogens with zero attached hydrogens (tertiary/aromatic N) is 3. The number of nitrogens with one attached hydrogen (secondary N) is 1. The van der Waals surface area contributed by atoms with Crippen molar-refractivity contribution in [3.05, 3.63) is 72.8 Å². The molecule has 1 saturated heterocycles. The van der Waals surface area contributed by atoms with Gasteiger partial charge < -0.3 is 5.32 Å². The highest BCUT2D eigenvalue weighted by molar-refractivity contribution is 7.89. The fraction of sp³-hybridized carbons (Fsp3) is 0.227. The minimum absolute atomic E-state index is 0.0138. The third-order valence-electron chi connectivity index (χ3n) is 5.16. The van der Waals surface area contributed by atoms with E-state index >= 15 is 0 Å². The van der Waals surface area contributed by atoms with E-state index in [1.165, 1.54) is 28.8 Å². The average molecular weight is 441 g/mol. The lowest BCUT2D eigenvalue weighted by Crippen LogP contribution is -2.43. The van der Waals surface area contributed by atoms with Gasteiger partial charge in [-0.25, -0.2) is 22.8 Å². The van der Waals surface area contributed by atoms with Crippen molar-refractivity contribution in [2.75, 3.05) is 18.4 Å². The number of sulfonamides is 1. The van der Waals surface area contributed by atoms with E-state index in [1.54, 1.807) is 0 Å². The topological polar surface area (TPSA) is 92.3 Å². The summed E-state index contributed by atoms with van der Waals surface area (Å²) in [5, 5.41) is 2.77. The van der Waals surface area contributed by atoms with E-state index in [9.17, 15) is 17.6 Å². The lowest BCUT2D eigenvalue weighted by atomic mass is 9.99. The molecule has 0 radical (unpaired) electrons. The Morgan fingerprint density at radius 2 is 1.71 bits per heavy atom. The Kier molecular flexibility index (Phi) is 6.06. The number of piperidine rings is 1. The number of aromatic nitrogens is 2. The number of hydrogen-bond donors (Lipinski definition) is 1. The molecule has 0 bridgehead atoms. The summed E-state index contributed by atoms with van der Waals surface area (Å²) in [6.07, 6.45) is 4.19. The molecule has 1 atom stereocenters. The first kappa shape index (κ1) is 21.1. The lowest BCUT2D eigenvalue weighted by Gasteiger charge is -2.31. The summed E-state index contributed by atoms with van der Waals surface area (Å²) in [5.74, 6) is -0.740. The number of anilines is 1. The number of carbonyl (C=O) groups is 1. The van der Waals surface area contributed by atoms with Crippen molar-refractivity contribution in [2.24, 2.45) is 5.92 Å². The summed E-state index contributed by atoms with van der Waals surface area (Å²) < 4.78 is 40.1. The van der Waals surface area contributed by atoms with Crippen molar-refractivity contribution in [3.8, 4) is 11.4 Å². The van der Waals surface area contributed by atoms with Crippen LogP contribution in [-0.2, 0) is 14.8 Å². The fourth-order valence-electron chi connectivity index (χ4n) is 3.50. The Morgan fingerprint density at radius 1 is 1.03 bits per heavy atom. The number of amides is 1. The predicted molar refractivity (Wildman–Crippen MR) is 114 cm³/mol. The van der Waals surface area contributed by atoms with Gasteiger partial charge in [-0.15, -0.1) is 0 Å². The fourth-order valence-corrected chi connectivity index (χ4v) is 5.03. The molecule has 0 aliphatic carbocycles. The summed E-state index contributed by atoms with van der Waals surface area (Å²) >= 11 is 0. The van der Waals surface area contributed by atoms with Crippen LogP contribution in [0.3, 0.4) is 0 Å². The van der Waals surface area contributed by atoms with E-state index in [0.717, 1.165) is 17.7 Å². The van der Waals surface area contributed by atoms with E-state index in [1.807, 2.05) is 30.3 Å². The number of hydrogen-bond acceptors (Lipinski definition) is 5. The molecule has 0 spiro atoms. The molecule has 9 heteroatoms. The molecule has 1 N–H and O–H groups in total. The minimum Gasteiger partial charge on any atom is -0.323 e. The summed E-state index contributed by atoms with van der Waals surface area (Å²) in [5.41, 5.74) is 1.32. The van der Waals surface area contributed by atoms with Gasteiger partial charge in [0.15, 0.2) is 5.82 Å². The van der Waals surface area contributed by atoms with Gasteiger partial charge in [0.05, 0.1) is 28.9 Å². The quantitative estimate of drug-likeness (QED) is 0.657. The van der Waals surface area contributed by atoms with E-state index in [2.05, 4.69) is 15.3 Å². The predicted octanol–water partition coefficient (Wildman–Crippen LogP) is 3.32. The highest BCUT2D eigenvalue weighted by Gasteiger charge is 2.33. The minimum atomic E-state index is -3.79. The van der Waals surface area contributed by atoms with Crippen LogP contribution in [0.2, 0.25) is 0 Å². The van der Waals surface area contributed by atoms with Gasteiger partial charge in [-0.1, -0.05) is 30.3 Å². The van der Waals surface area contributed by atoms with Gasteiger partial charge in [-0.2, -0.15) is 4.31 Å². The zero-order chi connectivity index (χ0) is 21.8. The molecule has 2 heterocycles. The van der Waals surface area contributed by atoms with Gasteiger partial charge in [0.2, 0.25) is 15.9 Å². The van der Waals surface area contributed by atoms with Crippen molar-refractivity contribution in [2.45, 2.75) is 17.7 Å². The summed E-state index contributed by atoms with van der Waals surface area (Å²) in [4.78, 5) is 21.3. The highest BCUT2D eigenvalue weighted by atomic mass is 32.2. The SMILES string of the molecule is O=C(Nc1cnc(-c2ccccc2)nc1)C1CCCN(S(=O)(=O)c2ccc(F)cc2)C1. The van der Waals surface area contributed by atoms with E-state index in [0.29, 0.717) is 30.9 Å². The largest absolute Gasteiger partial charge is 0.323 e. The zero-order valence-corrected chi connectivity index (χ0v) is 17.4. The monoisotopic (exact) mass is 440 g/mol. The molecule has 4 rings (SSSR count). The molecule has 1 unspecified atom stereocenters. The molecule has 1 aliphatic heterocycles. The average Bonchev–Trinajstić information content (AvgIpc) is 2.80. The van der Waals surface area contributed by atoms with Gasteiger partial charge in [-0.05, 0) is 37.1 Å². The summed E-state index contributed by atoms with van der Waals surface area (Å²) in [6.45, 7) is 0.382. The van der Waals surface area contributed by atoms with Crippen molar-refractivity contribution < 1.29 is 17.6 Å². The molecule has 1 amide bonds. The summed E-state index contributed by atoms with van der Waals surface area (Å²) in [7, 11) is -3.79. The third-order valence-corrected chi connectivity index (χ3v) is 7.04. The molecular weight excluding hydrogens is 419 g/mol. The Hall–Kier alpha value is -3.17. The van der Waals surface area contributed by atoms with E-state index in [-0.39, 0.29) is 17.3 Å². The number of benzene rings is 2. The second-order valence-corrected chi connectivity index (χ2v) is 9.24. The molecule has 160 valence electrons. The van der Waals surface area contributed by atoms with Crippen LogP contribution in [0.25, 0.3) is 11.4 Å². The summed E-state index contributed by atoms with van der Waals surface area (Å²) in [6, 6.07) is 14.2. The van der Waals surface area contributed by atoms with Gasteiger partial charge in [-0.3, -0.25) is 4.79 Å². The smallest absolute Gasteiger partial charge is 0.243 e. The van der Waals surface area contributed by atoms with Gasteiger partial charge in [0, 0.05) is 18.7 Å². The molecule has 3 aromatic rings. The normalized spacial score (nSPS) is 17.3. The third kappa shape index (κ3) is 4.78. The lowest BCUT2D eigenvalue weighted by molar-refractivity contribution is -0.120.